The highest BCUT2D eigenvalue weighted by molar-refractivity contribution is 7.92. The van der Waals surface area contributed by atoms with E-state index >= 15 is 0 Å². The normalized spacial score (nSPS) is 11.0. The first-order valence-corrected chi connectivity index (χ1v) is 8.00. The molecular weight excluding hydrogens is 325 g/mol. The molecule has 0 saturated carbocycles. The molecule has 23 heavy (non-hydrogen) atoms. The molecule has 2 aromatic carbocycles. The third-order valence-electron chi connectivity index (χ3n) is 2.93. The summed E-state index contributed by atoms with van der Waals surface area (Å²) in [6.07, 6.45) is 0. The van der Waals surface area contributed by atoms with Crippen molar-refractivity contribution in [1.82, 2.24) is 0 Å². The Bertz CT molecular complexity index is 836. The van der Waals surface area contributed by atoms with E-state index in [1.807, 2.05) is 0 Å². The van der Waals surface area contributed by atoms with Gasteiger partial charge in [-0.15, -0.1) is 0 Å². The molecule has 2 aromatic rings. The molecule has 122 valence electrons. The Labute approximate surface area is 132 Å². The van der Waals surface area contributed by atoms with E-state index in [2.05, 4.69) is 4.72 Å². The topological polar surface area (TPSA) is 92.7 Å². The Hall–Kier alpha value is -2.61. The molecule has 0 atom stereocenters. The van der Waals surface area contributed by atoms with Crippen LogP contribution in [0.3, 0.4) is 0 Å². The quantitative estimate of drug-likeness (QED) is 0.843. The van der Waals surface area contributed by atoms with Crippen molar-refractivity contribution in [3.63, 3.8) is 0 Å². The van der Waals surface area contributed by atoms with Gasteiger partial charge in [-0.3, -0.25) is 4.72 Å². The smallest absolute Gasteiger partial charge is 0.341 e. The minimum absolute atomic E-state index is 0.0825. The second kappa shape index (κ2) is 6.66. The average Bonchev–Trinajstić information content (AvgIpc) is 2.48. The molecule has 0 bridgehead atoms. The molecule has 0 radical (unpaired) electrons. The predicted octanol–water partition coefficient (Wildman–Crippen LogP) is 2.40. The third kappa shape index (κ3) is 4.19. The van der Waals surface area contributed by atoms with Gasteiger partial charge in [0.25, 0.3) is 10.0 Å². The zero-order valence-electron chi connectivity index (χ0n) is 12.1. The summed E-state index contributed by atoms with van der Waals surface area (Å²) in [5, 5.41) is 8.57. The number of benzene rings is 2. The van der Waals surface area contributed by atoms with Gasteiger partial charge < -0.3 is 9.84 Å². The summed E-state index contributed by atoms with van der Waals surface area (Å²) in [6.45, 7) is 1.06. The lowest BCUT2D eigenvalue weighted by atomic mass is 10.2. The number of nitrogens with one attached hydrogen (secondary N) is 1. The van der Waals surface area contributed by atoms with E-state index in [1.54, 1.807) is 6.92 Å². The fourth-order valence-electron chi connectivity index (χ4n) is 1.84. The number of halogens is 1. The summed E-state index contributed by atoms with van der Waals surface area (Å²) >= 11 is 0. The van der Waals surface area contributed by atoms with Crippen LogP contribution >= 0.6 is 0 Å². The number of rotatable bonds is 6. The number of carboxylic acid groups (broad SMARTS) is 1. The van der Waals surface area contributed by atoms with Crippen molar-refractivity contribution in [2.45, 2.75) is 11.8 Å². The van der Waals surface area contributed by atoms with Crippen LogP contribution in [-0.4, -0.2) is 26.1 Å². The second-order valence-corrected chi connectivity index (χ2v) is 6.38. The molecule has 8 heteroatoms. The van der Waals surface area contributed by atoms with Gasteiger partial charge in [-0.05, 0) is 42.8 Å². The van der Waals surface area contributed by atoms with Gasteiger partial charge >= 0.3 is 5.97 Å². The van der Waals surface area contributed by atoms with Crippen LogP contribution in [0.4, 0.5) is 10.1 Å². The highest BCUT2D eigenvalue weighted by Crippen LogP contribution is 2.24. The molecule has 0 unspecified atom stereocenters. The number of aryl methyl sites for hydroxylation is 1. The summed E-state index contributed by atoms with van der Waals surface area (Å²) in [6, 6.07) is 9.35. The molecule has 0 aliphatic heterocycles. The molecule has 0 spiro atoms. The van der Waals surface area contributed by atoms with Crippen LogP contribution in [-0.2, 0) is 14.8 Å². The second-order valence-electron chi connectivity index (χ2n) is 4.70. The summed E-state index contributed by atoms with van der Waals surface area (Å²) in [5.41, 5.74) is 0.291. The number of ether oxygens (including phenoxy) is 1. The van der Waals surface area contributed by atoms with Crippen LogP contribution in [0.1, 0.15) is 5.56 Å². The Kier molecular flexibility index (Phi) is 4.85. The lowest BCUT2D eigenvalue weighted by Crippen LogP contribution is -2.14. The Morgan fingerprint density at radius 2 is 1.96 bits per heavy atom. The molecule has 0 aliphatic carbocycles. The molecule has 2 N–H and O–H groups in total. The Morgan fingerprint density at radius 1 is 1.26 bits per heavy atom. The van der Waals surface area contributed by atoms with Crippen molar-refractivity contribution in [3.05, 3.63) is 53.8 Å². The van der Waals surface area contributed by atoms with E-state index in [1.165, 1.54) is 36.4 Å². The van der Waals surface area contributed by atoms with Gasteiger partial charge in [-0.2, -0.15) is 0 Å². The van der Waals surface area contributed by atoms with E-state index in [0.717, 1.165) is 6.07 Å². The first-order chi connectivity index (χ1) is 10.8. The largest absolute Gasteiger partial charge is 0.482 e. The van der Waals surface area contributed by atoms with Crippen molar-refractivity contribution < 1.29 is 27.4 Å². The van der Waals surface area contributed by atoms with Gasteiger partial charge in [0.15, 0.2) is 6.61 Å². The fourth-order valence-corrected chi connectivity index (χ4v) is 2.99. The number of hydrogen-bond donors (Lipinski definition) is 2. The number of sulfonamides is 1. The molecular formula is C15H14FNO5S. The molecule has 0 amide bonds. The maximum absolute atomic E-state index is 13.6. The summed E-state index contributed by atoms with van der Waals surface area (Å²) in [7, 11) is -3.97. The van der Waals surface area contributed by atoms with Gasteiger partial charge in [-0.25, -0.2) is 17.6 Å². The van der Waals surface area contributed by atoms with E-state index in [0.29, 0.717) is 5.56 Å². The molecule has 0 saturated heterocycles. The van der Waals surface area contributed by atoms with Gasteiger partial charge in [0.2, 0.25) is 0 Å². The third-order valence-corrected chi connectivity index (χ3v) is 4.29. The fraction of sp³-hybridized carbons (Fsp3) is 0.133. The molecule has 0 fully saturated rings. The van der Waals surface area contributed by atoms with Crippen molar-refractivity contribution in [2.24, 2.45) is 0 Å². The highest BCUT2D eigenvalue weighted by Gasteiger charge is 2.17. The summed E-state index contributed by atoms with van der Waals surface area (Å²) in [4.78, 5) is 10.4. The summed E-state index contributed by atoms with van der Waals surface area (Å²) in [5.74, 6) is -1.56. The van der Waals surface area contributed by atoms with Gasteiger partial charge in [0.1, 0.15) is 11.6 Å². The number of para-hydroxylation sites is 1. The van der Waals surface area contributed by atoms with Crippen LogP contribution in [0.25, 0.3) is 0 Å². The van der Waals surface area contributed by atoms with Gasteiger partial charge in [-0.1, -0.05) is 12.1 Å². The monoisotopic (exact) mass is 339 g/mol. The van der Waals surface area contributed by atoms with Crippen molar-refractivity contribution >= 4 is 21.7 Å². The number of aliphatic carboxylic acids is 1. The molecule has 0 aromatic heterocycles. The van der Waals surface area contributed by atoms with Crippen LogP contribution in [0, 0.1) is 12.7 Å². The Morgan fingerprint density at radius 3 is 2.57 bits per heavy atom. The van der Waals surface area contributed by atoms with Crippen LogP contribution in [0.2, 0.25) is 0 Å². The minimum atomic E-state index is -3.97. The Balaban J connectivity index is 2.25. The molecule has 6 nitrogen and oxygen atoms in total. The predicted molar refractivity (Wildman–Crippen MR) is 81.5 cm³/mol. The highest BCUT2D eigenvalue weighted by atomic mass is 32.2. The lowest BCUT2D eigenvalue weighted by molar-refractivity contribution is -0.139. The van der Waals surface area contributed by atoms with E-state index in [4.69, 9.17) is 9.84 Å². The maximum atomic E-state index is 13.6. The van der Waals surface area contributed by atoms with Gasteiger partial charge in [0, 0.05) is 0 Å². The number of carboxylic acids is 1. The molecule has 2 rings (SSSR count). The molecule has 0 heterocycles. The zero-order chi connectivity index (χ0) is 17.0. The lowest BCUT2D eigenvalue weighted by Gasteiger charge is -2.11. The zero-order valence-corrected chi connectivity index (χ0v) is 12.9. The first kappa shape index (κ1) is 16.8. The maximum Gasteiger partial charge on any atom is 0.341 e. The number of carbonyl (C=O) groups is 1. The minimum Gasteiger partial charge on any atom is -0.482 e. The molecule has 0 aliphatic rings. The van der Waals surface area contributed by atoms with Crippen molar-refractivity contribution in [1.29, 1.82) is 0 Å². The first-order valence-electron chi connectivity index (χ1n) is 6.52. The number of anilines is 1. The SMILES string of the molecule is Cc1cc(S(=O)(=O)Nc2ccccc2F)ccc1OCC(=O)O. The summed E-state index contributed by atoms with van der Waals surface area (Å²) < 4.78 is 45.3. The average molecular weight is 339 g/mol. The van der Waals surface area contributed by atoms with E-state index in [9.17, 15) is 17.6 Å². The van der Waals surface area contributed by atoms with E-state index < -0.39 is 28.4 Å². The number of hydrogen-bond acceptors (Lipinski definition) is 4. The van der Waals surface area contributed by atoms with Crippen LogP contribution in [0.5, 0.6) is 5.75 Å². The van der Waals surface area contributed by atoms with Crippen molar-refractivity contribution in [3.8, 4) is 5.75 Å². The van der Waals surface area contributed by atoms with Crippen molar-refractivity contribution in [2.75, 3.05) is 11.3 Å². The van der Waals surface area contributed by atoms with Crippen LogP contribution < -0.4 is 9.46 Å². The van der Waals surface area contributed by atoms with Gasteiger partial charge in [0.05, 0.1) is 10.6 Å². The van der Waals surface area contributed by atoms with Crippen LogP contribution in [0.15, 0.2) is 47.4 Å². The standard InChI is InChI=1S/C15H14FNO5S/c1-10-8-11(6-7-14(10)22-9-15(18)19)23(20,21)17-13-5-3-2-4-12(13)16/h2-8,17H,9H2,1H3,(H,18,19). The van der Waals surface area contributed by atoms with E-state index in [-0.39, 0.29) is 16.3 Å².